The third-order valence-corrected chi connectivity index (χ3v) is 10.4. The molecule has 9 rings (SSSR count). The van der Waals surface area contributed by atoms with E-state index >= 15 is 0 Å². The minimum atomic E-state index is 0.266. The van der Waals surface area contributed by atoms with E-state index in [4.69, 9.17) is 0 Å². The highest BCUT2D eigenvalue weighted by Gasteiger charge is 2.32. The highest BCUT2D eigenvalue weighted by molar-refractivity contribution is 5.86. The van der Waals surface area contributed by atoms with Crippen LogP contribution in [0.15, 0.2) is 119 Å². The minimum Gasteiger partial charge on any atom is -0.381 e. The van der Waals surface area contributed by atoms with Gasteiger partial charge in [-0.2, -0.15) is 0 Å². The highest BCUT2D eigenvalue weighted by Crippen LogP contribution is 2.45. The van der Waals surface area contributed by atoms with Gasteiger partial charge in [-0.15, -0.1) is 0 Å². The number of dihydropyridines is 3. The van der Waals surface area contributed by atoms with Crippen LogP contribution >= 0.6 is 0 Å². The van der Waals surface area contributed by atoms with Crippen LogP contribution < -0.4 is 16.0 Å². The number of nitrogens with one attached hydrogen (secondary N) is 3. The number of hydrogen-bond donors (Lipinski definition) is 3. The molecule has 4 heterocycles. The van der Waals surface area contributed by atoms with Crippen LogP contribution in [0.5, 0.6) is 0 Å². The molecule has 1 aromatic heterocycles. The standard InChI is InChI=1S/C39H38N4/c1-4-10-30-25(7-1)15-21-37-39(30)31-23-28(16-20-36(31)43(37)38-22-17-27-9-3-6-12-34(27)42-38)32-18-14-29(24-40-32)35-19-13-26-8-2-5-11-33(26)41-35/h1-2,4-5,7-8,10-11,13-14,17-19,22-23,33-34,40-42H,3,6,9,12,15-16,20-21,24H2. The van der Waals surface area contributed by atoms with Crippen LogP contribution in [0.25, 0.3) is 23.0 Å². The van der Waals surface area contributed by atoms with Gasteiger partial charge in [-0.05, 0) is 103 Å². The minimum absolute atomic E-state index is 0.266. The smallest absolute Gasteiger partial charge is 0.110 e. The van der Waals surface area contributed by atoms with Crippen LogP contribution in [0.3, 0.4) is 0 Å². The van der Waals surface area contributed by atoms with Gasteiger partial charge in [0.2, 0.25) is 0 Å². The van der Waals surface area contributed by atoms with E-state index in [1.807, 2.05) is 0 Å². The first-order chi connectivity index (χ1) is 21.3. The van der Waals surface area contributed by atoms with E-state index in [1.54, 1.807) is 5.57 Å². The fraction of sp³-hybridized carbons (Fsp3) is 0.282. The molecular formula is C39H38N4. The molecule has 1 saturated carbocycles. The molecule has 0 bridgehead atoms. The number of allylic oxidation sites excluding steroid dienone is 9. The number of hydrogen-bond acceptors (Lipinski definition) is 3. The van der Waals surface area contributed by atoms with Crippen LogP contribution in [0.2, 0.25) is 0 Å². The summed E-state index contributed by atoms with van der Waals surface area (Å²) in [7, 11) is 0. The van der Waals surface area contributed by atoms with E-state index in [0.29, 0.717) is 6.04 Å². The zero-order valence-corrected chi connectivity index (χ0v) is 24.6. The Balaban J connectivity index is 1.10. The van der Waals surface area contributed by atoms with Gasteiger partial charge in [-0.3, -0.25) is 0 Å². The lowest BCUT2D eigenvalue weighted by Gasteiger charge is -2.33. The SMILES string of the molecule is C1=CC2=CC=C(C3=CC=C(C4=Cc5c6c(n(C7=CC=C8CCCCC8N7)c5CC4)CCc4ccccc4-6)NC3)NC2C=C1. The van der Waals surface area contributed by atoms with Crippen molar-refractivity contribution in [2.24, 2.45) is 0 Å². The van der Waals surface area contributed by atoms with Crippen molar-refractivity contribution >= 4 is 11.9 Å². The van der Waals surface area contributed by atoms with Gasteiger partial charge in [-0.1, -0.05) is 73.2 Å². The zero-order valence-electron chi connectivity index (χ0n) is 24.6. The van der Waals surface area contributed by atoms with E-state index in [1.165, 1.54) is 93.3 Å². The van der Waals surface area contributed by atoms with E-state index in [0.717, 1.165) is 32.2 Å². The number of fused-ring (bicyclic) bond motifs is 7. The van der Waals surface area contributed by atoms with E-state index in [-0.39, 0.29) is 6.04 Å². The van der Waals surface area contributed by atoms with Gasteiger partial charge < -0.3 is 20.5 Å². The zero-order chi connectivity index (χ0) is 28.3. The molecule has 1 aromatic carbocycles. The molecule has 7 aliphatic rings. The average Bonchev–Trinajstić information content (AvgIpc) is 3.42. The summed E-state index contributed by atoms with van der Waals surface area (Å²) in [5, 5.41) is 11.5. The van der Waals surface area contributed by atoms with Gasteiger partial charge >= 0.3 is 0 Å². The van der Waals surface area contributed by atoms with Gasteiger partial charge in [0, 0.05) is 46.5 Å². The maximum atomic E-state index is 3.99. The van der Waals surface area contributed by atoms with Gasteiger partial charge in [0.1, 0.15) is 5.82 Å². The Morgan fingerprint density at radius 2 is 1.67 bits per heavy atom. The molecule has 3 aliphatic heterocycles. The average molecular weight is 563 g/mol. The van der Waals surface area contributed by atoms with Crippen molar-refractivity contribution in [2.45, 2.75) is 63.5 Å². The maximum absolute atomic E-state index is 3.99. The van der Waals surface area contributed by atoms with Crippen LogP contribution in [0, 0.1) is 0 Å². The molecule has 2 unspecified atom stereocenters. The Hall–Kier alpha value is -4.44. The number of benzene rings is 1. The second-order valence-corrected chi connectivity index (χ2v) is 12.8. The van der Waals surface area contributed by atoms with Crippen molar-refractivity contribution in [1.82, 2.24) is 20.5 Å². The Bertz CT molecular complexity index is 1830. The third-order valence-electron chi connectivity index (χ3n) is 10.4. The first-order valence-corrected chi connectivity index (χ1v) is 16.2. The molecule has 2 aromatic rings. The maximum Gasteiger partial charge on any atom is 0.110 e. The van der Waals surface area contributed by atoms with E-state index in [2.05, 4.69) is 112 Å². The second kappa shape index (κ2) is 10.1. The monoisotopic (exact) mass is 562 g/mol. The molecule has 3 N–H and O–H groups in total. The first-order valence-electron chi connectivity index (χ1n) is 16.2. The quantitative estimate of drug-likeness (QED) is 0.371. The highest BCUT2D eigenvalue weighted by atomic mass is 15.2. The lowest BCUT2D eigenvalue weighted by atomic mass is 9.84. The Morgan fingerprint density at radius 1 is 0.744 bits per heavy atom. The Morgan fingerprint density at radius 3 is 2.63 bits per heavy atom. The molecule has 2 atom stereocenters. The number of aryl methyl sites for hydroxylation is 1. The molecule has 4 aliphatic carbocycles. The van der Waals surface area contributed by atoms with Crippen molar-refractivity contribution in [1.29, 1.82) is 0 Å². The molecule has 0 spiro atoms. The summed E-state index contributed by atoms with van der Waals surface area (Å²) >= 11 is 0. The van der Waals surface area contributed by atoms with Gasteiger partial charge in [0.15, 0.2) is 0 Å². The van der Waals surface area contributed by atoms with Crippen molar-refractivity contribution in [3.05, 3.63) is 141 Å². The van der Waals surface area contributed by atoms with Crippen molar-refractivity contribution in [3.63, 3.8) is 0 Å². The summed E-state index contributed by atoms with van der Waals surface area (Å²) in [5.41, 5.74) is 16.8. The summed E-state index contributed by atoms with van der Waals surface area (Å²) in [5.74, 6) is 1.28. The van der Waals surface area contributed by atoms with E-state index in [9.17, 15) is 0 Å². The summed E-state index contributed by atoms with van der Waals surface area (Å²) in [6.45, 7) is 0.832. The van der Waals surface area contributed by atoms with Crippen molar-refractivity contribution in [3.8, 4) is 11.1 Å². The molecule has 4 heteroatoms. The molecule has 43 heavy (non-hydrogen) atoms. The van der Waals surface area contributed by atoms with Gasteiger partial charge in [0.05, 0.1) is 6.04 Å². The van der Waals surface area contributed by atoms with Gasteiger partial charge in [-0.25, -0.2) is 0 Å². The molecule has 1 fully saturated rings. The Kier molecular flexibility index (Phi) is 5.88. The number of aromatic nitrogens is 1. The summed E-state index contributed by atoms with van der Waals surface area (Å²) in [4.78, 5) is 0. The fourth-order valence-electron chi connectivity index (χ4n) is 8.17. The second-order valence-electron chi connectivity index (χ2n) is 12.8. The molecular weight excluding hydrogens is 524 g/mol. The molecule has 4 nitrogen and oxygen atoms in total. The summed E-state index contributed by atoms with van der Waals surface area (Å²) in [6, 6.07) is 9.84. The van der Waals surface area contributed by atoms with Crippen LogP contribution in [0.1, 0.15) is 54.6 Å². The molecule has 0 radical (unpaired) electrons. The molecule has 0 amide bonds. The molecule has 214 valence electrons. The summed E-state index contributed by atoms with van der Waals surface area (Å²) in [6.07, 6.45) is 34.4. The lowest BCUT2D eigenvalue weighted by Crippen LogP contribution is -2.36. The predicted octanol–water partition coefficient (Wildman–Crippen LogP) is 7.18. The predicted molar refractivity (Wildman–Crippen MR) is 177 cm³/mol. The fourth-order valence-corrected chi connectivity index (χ4v) is 8.17. The van der Waals surface area contributed by atoms with Crippen LogP contribution in [-0.2, 0) is 19.3 Å². The van der Waals surface area contributed by atoms with E-state index < -0.39 is 0 Å². The lowest BCUT2D eigenvalue weighted by molar-refractivity contribution is 0.488. The largest absolute Gasteiger partial charge is 0.381 e. The normalized spacial score (nSPS) is 24.8. The Labute approximate surface area is 254 Å². The van der Waals surface area contributed by atoms with Crippen LogP contribution in [-0.4, -0.2) is 23.2 Å². The topological polar surface area (TPSA) is 41.0 Å². The van der Waals surface area contributed by atoms with Crippen LogP contribution in [0.4, 0.5) is 0 Å². The summed E-state index contributed by atoms with van der Waals surface area (Å²) < 4.78 is 2.62. The third kappa shape index (κ3) is 4.18. The van der Waals surface area contributed by atoms with Crippen molar-refractivity contribution < 1.29 is 0 Å². The first kappa shape index (κ1) is 25.1. The molecule has 0 saturated heterocycles. The van der Waals surface area contributed by atoms with Crippen molar-refractivity contribution in [2.75, 3.05) is 6.54 Å². The van der Waals surface area contributed by atoms with Gasteiger partial charge in [0.25, 0.3) is 0 Å². The number of rotatable bonds is 3. The number of nitrogens with zero attached hydrogens (tertiary/aromatic N) is 1.